The highest BCUT2D eigenvalue weighted by Crippen LogP contribution is 2.35. The summed E-state index contributed by atoms with van der Waals surface area (Å²) in [4.78, 5) is 14.1. The van der Waals surface area contributed by atoms with E-state index in [1.54, 1.807) is 6.08 Å². The lowest BCUT2D eigenvalue weighted by Crippen LogP contribution is -2.49. The van der Waals surface area contributed by atoms with Gasteiger partial charge in [-0.05, 0) is 39.5 Å². The van der Waals surface area contributed by atoms with Crippen LogP contribution in [0.3, 0.4) is 0 Å². The fourth-order valence-corrected chi connectivity index (χ4v) is 2.90. The van der Waals surface area contributed by atoms with Crippen LogP contribution in [0.15, 0.2) is 11.6 Å². The number of hydrogen-bond donors (Lipinski definition) is 1. The molecule has 3 heteroatoms. The molecule has 1 amide bonds. The van der Waals surface area contributed by atoms with Gasteiger partial charge in [0.05, 0.1) is 0 Å². The number of carbonyl (C=O) groups is 1. The van der Waals surface area contributed by atoms with E-state index in [4.69, 9.17) is 5.73 Å². The lowest BCUT2D eigenvalue weighted by molar-refractivity contribution is -0.130. The van der Waals surface area contributed by atoms with Crippen LogP contribution in [0, 0.1) is 0 Å². The Morgan fingerprint density at radius 1 is 1.27 bits per heavy atom. The summed E-state index contributed by atoms with van der Waals surface area (Å²) in [5.74, 6) is 0.189. The first-order chi connectivity index (χ1) is 7.08. The monoisotopic (exact) mass is 208 g/mol. The van der Waals surface area contributed by atoms with Gasteiger partial charge in [0.1, 0.15) is 0 Å². The highest BCUT2D eigenvalue weighted by atomic mass is 16.2. The Morgan fingerprint density at radius 3 is 2.27 bits per heavy atom. The quantitative estimate of drug-likeness (QED) is 0.663. The molecule has 2 rings (SSSR count). The molecule has 0 aromatic heterocycles. The van der Waals surface area contributed by atoms with E-state index in [0.29, 0.717) is 18.1 Å². The summed E-state index contributed by atoms with van der Waals surface area (Å²) in [7, 11) is 0. The van der Waals surface area contributed by atoms with Gasteiger partial charge in [-0.2, -0.15) is 0 Å². The third-order valence-electron chi connectivity index (χ3n) is 3.44. The molecule has 2 unspecified atom stereocenters. The maximum atomic E-state index is 12.0. The number of piperidine rings is 1. The van der Waals surface area contributed by atoms with Gasteiger partial charge in [0.25, 0.3) is 0 Å². The van der Waals surface area contributed by atoms with Crippen molar-refractivity contribution in [2.75, 3.05) is 0 Å². The van der Waals surface area contributed by atoms with Crippen molar-refractivity contribution in [1.82, 2.24) is 4.90 Å². The van der Waals surface area contributed by atoms with E-state index in [-0.39, 0.29) is 5.91 Å². The van der Waals surface area contributed by atoms with Crippen LogP contribution >= 0.6 is 0 Å². The lowest BCUT2D eigenvalue weighted by atomic mass is 9.98. The van der Waals surface area contributed by atoms with Gasteiger partial charge in [0, 0.05) is 24.2 Å². The molecule has 0 aliphatic carbocycles. The van der Waals surface area contributed by atoms with Crippen molar-refractivity contribution in [1.29, 1.82) is 0 Å². The van der Waals surface area contributed by atoms with E-state index < -0.39 is 0 Å². The van der Waals surface area contributed by atoms with E-state index in [0.717, 1.165) is 31.3 Å². The average Bonchev–Trinajstić information content (AvgIpc) is 2.38. The van der Waals surface area contributed by atoms with Crippen LogP contribution in [0.1, 0.15) is 39.5 Å². The number of nitrogens with zero attached hydrogens (tertiary/aromatic N) is 1. The fraction of sp³-hybridized carbons (Fsp3) is 0.750. The van der Waals surface area contributed by atoms with Gasteiger partial charge >= 0.3 is 0 Å². The number of nitrogens with two attached hydrogens (primary N) is 1. The van der Waals surface area contributed by atoms with Crippen LogP contribution in [-0.4, -0.2) is 28.9 Å². The Kier molecular flexibility index (Phi) is 2.83. The molecule has 2 atom stereocenters. The first-order valence-corrected chi connectivity index (χ1v) is 5.80. The normalized spacial score (nSPS) is 34.1. The van der Waals surface area contributed by atoms with Gasteiger partial charge in [-0.1, -0.05) is 5.57 Å². The minimum Gasteiger partial charge on any atom is -0.333 e. The summed E-state index contributed by atoms with van der Waals surface area (Å²) < 4.78 is 0. The molecular formula is C12H20N2O. The van der Waals surface area contributed by atoms with E-state index in [9.17, 15) is 4.79 Å². The van der Waals surface area contributed by atoms with Crippen molar-refractivity contribution in [3.8, 4) is 0 Å². The van der Waals surface area contributed by atoms with Crippen molar-refractivity contribution < 1.29 is 4.79 Å². The van der Waals surface area contributed by atoms with E-state index in [1.165, 1.54) is 0 Å². The molecular weight excluding hydrogens is 188 g/mol. The van der Waals surface area contributed by atoms with Crippen LogP contribution in [-0.2, 0) is 4.79 Å². The van der Waals surface area contributed by atoms with Crippen LogP contribution in [0.5, 0.6) is 0 Å². The predicted octanol–water partition coefficient (Wildman–Crippen LogP) is 1.43. The van der Waals surface area contributed by atoms with Crippen molar-refractivity contribution in [2.24, 2.45) is 5.73 Å². The minimum atomic E-state index is 0.189. The summed E-state index contributed by atoms with van der Waals surface area (Å²) >= 11 is 0. The Morgan fingerprint density at radius 2 is 1.80 bits per heavy atom. The standard InChI is InChI=1S/C12H20N2O/c1-8(2)5-12(15)14-10-3-4-11(14)7-9(13)6-10/h5,9-11H,3-4,6-7,13H2,1-2H3. The smallest absolute Gasteiger partial charge is 0.246 e. The van der Waals surface area contributed by atoms with Crippen LogP contribution < -0.4 is 5.73 Å². The third kappa shape index (κ3) is 2.07. The molecule has 0 spiro atoms. The highest BCUT2D eigenvalue weighted by molar-refractivity contribution is 5.89. The van der Waals surface area contributed by atoms with Crippen LogP contribution in [0.25, 0.3) is 0 Å². The molecule has 2 aliphatic heterocycles. The summed E-state index contributed by atoms with van der Waals surface area (Å²) in [5.41, 5.74) is 7.04. The highest BCUT2D eigenvalue weighted by Gasteiger charge is 2.41. The largest absolute Gasteiger partial charge is 0.333 e. The number of rotatable bonds is 1. The van der Waals surface area contributed by atoms with Crippen LogP contribution in [0.4, 0.5) is 0 Å². The molecule has 2 fully saturated rings. The number of amides is 1. The zero-order valence-corrected chi connectivity index (χ0v) is 9.57. The Hall–Kier alpha value is -0.830. The zero-order chi connectivity index (χ0) is 11.0. The molecule has 2 heterocycles. The summed E-state index contributed by atoms with van der Waals surface area (Å²) in [6.45, 7) is 3.94. The molecule has 0 aromatic carbocycles. The van der Waals surface area contributed by atoms with Crippen LogP contribution in [0.2, 0.25) is 0 Å². The molecule has 3 nitrogen and oxygen atoms in total. The number of fused-ring (bicyclic) bond motifs is 2. The van der Waals surface area contributed by atoms with Gasteiger partial charge in [-0.3, -0.25) is 4.79 Å². The molecule has 2 bridgehead atoms. The van der Waals surface area contributed by atoms with E-state index in [1.807, 2.05) is 13.8 Å². The zero-order valence-electron chi connectivity index (χ0n) is 9.57. The minimum absolute atomic E-state index is 0.189. The maximum Gasteiger partial charge on any atom is 0.246 e. The van der Waals surface area contributed by atoms with Crippen molar-refractivity contribution in [3.63, 3.8) is 0 Å². The Balaban J connectivity index is 2.11. The lowest BCUT2D eigenvalue weighted by Gasteiger charge is -2.37. The second kappa shape index (κ2) is 3.97. The number of hydrogen-bond acceptors (Lipinski definition) is 2. The molecule has 0 saturated carbocycles. The number of allylic oxidation sites excluding steroid dienone is 1. The summed E-state index contributed by atoms with van der Waals surface area (Å²) in [6.07, 6.45) is 6.00. The maximum absolute atomic E-state index is 12.0. The van der Waals surface area contributed by atoms with Gasteiger partial charge in [-0.15, -0.1) is 0 Å². The van der Waals surface area contributed by atoms with Crippen molar-refractivity contribution in [3.05, 3.63) is 11.6 Å². The Labute approximate surface area is 91.3 Å². The number of carbonyl (C=O) groups excluding carboxylic acids is 1. The molecule has 84 valence electrons. The van der Waals surface area contributed by atoms with Gasteiger partial charge < -0.3 is 10.6 Å². The van der Waals surface area contributed by atoms with Gasteiger partial charge in [-0.25, -0.2) is 0 Å². The van der Waals surface area contributed by atoms with Crippen molar-refractivity contribution >= 4 is 5.91 Å². The topological polar surface area (TPSA) is 46.3 Å². The molecule has 2 N–H and O–H groups in total. The first kappa shape index (κ1) is 10.7. The van der Waals surface area contributed by atoms with E-state index in [2.05, 4.69) is 4.90 Å². The summed E-state index contributed by atoms with van der Waals surface area (Å²) in [5, 5.41) is 0. The fourth-order valence-electron chi connectivity index (χ4n) is 2.90. The van der Waals surface area contributed by atoms with E-state index >= 15 is 0 Å². The SMILES string of the molecule is CC(C)=CC(=O)N1C2CCC1CC(N)C2. The molecule has 15 heavy (non-hydrogen) atoms. The second-order valence-corrected chi connectivity index (χ2v) is 5.08. The Bertz CT molecular complexity index is 280. The molecule has 2 aliphatic rings. The third-order valence-corrected chi connectivity index (χ3v) is 3.44. The molecule has 0 radical (unpaired) electrons. The molecule has 0 aromatic rings. The van der Waals surface area contributed by atoms with Crippen molar-refractivity contribution in [2.45, 2.75) is 57.7 Å². The predicted molar refractivity (Wildman–Crippen MR) is 60.3 cm³/mol. The second-order valence-electron chi connectivity index (χ2n) is 5.08. The first-order valence-electron chi connectivity index (χ1n) is 5.80. The average molecular weight is 208 g/mol. The van der Waals surface area contributed by atoms with Gasteiger partial charge in [0.2, 0.25) is 5.91 Å². The summed E-state index contributed by atoms with van der Waals surface area (Å²) in [6, 6.07) is 1.11. The molecule has 2 saturated heterocycles. The van der Waals surface area contributed by atoms with Gasteiger partial charge in [0.15, 0.2) is 0 Å².